The number of rotatable bonds is 4. The zero-order chi connectivity index (χ0) is 20.0. The van der Waals surface area contributed by atoms with Crippen molar-refractivity contribution in [1.82, 2.24) is 19.5 Å². The molecule has 0 radical (unpaired) electrons. The van der Waals surface area contributed by atoms with Crippen molar-refractivity contribution in [2.75, 3.05) is 12.3 Å². The average Bonchev–Trinajstić information content (AvgIpc) is 3.23. The summed E-state index contributed by atoms with van der Waals surface area (Å²) in [6, 6.07) is 5.75. The fourth-order valence-corrected chi connectivity index (χ4v) is 3.12. The van der Waals surface area contributed by atoms with Crippen molar-refractivity contribution in [3.05, 3.63) is 40.7 Å². The summed E-state index contributed by atoms with van der Waals surface area (Å²) in [7, 11) is 0. The van der Waals surface area contributed by atoms with Crippen LogP contribution in [0.3, 0.4) is 0 Å². The second-order valence-corrected chi connectivity index (χ2v) is 6.29. The van der Waals surface area contributed by atoms with Crippen LogP contribution in [0.25, 0.3) is 22.6 Å². The lowest BCUT2D eigenvalue weighted by Crippen LogP contribution is -2.33. The van der Waals surface area contributed by atoms with Crippen molar-refractivity contribution in [3.63, 3.8) is 0 Å². The summed E-state index contributed by atoms with van der Waals surface area (Å²) in [5.41, 5.74) is 6.66. The molecule has 1 aromatic carbocycles. The van der Waals surface area contributed by atoms with Gasteiger partial charge in [-0.1, -0.05) is 12.1 Å². The molecule has 1 aliphatic rings. The zero-order valence-electron chi connectivity index (χ0n) is 14.3. The second-order valence-electron chi connectivity index (χ2n) is 6.29. The van der Waals surface area contributed by atoms with E-state index in [0.29, 0.717) is 5.56 Å². The number of benzene rings is 1. The SMILES string of the molecule is Nc1nc(-c2cccc([N+](=O)[O-])c2)nc2c1ncn2C1OC(CO)C(O)C1O. The van der Waals surface area contributed by atoms with Crippen molar-refractivity contribution in [1.29, 1.82) is 0 Å². The Hall–Kier alpha value is -3.19. The van der Waals surface area contributed by atoms with E-state index in [2.05, 4.69) is 15.0 Å². The van der Waals surface area contributed by atoms with Gasteiger partial charge in [0.25, 0.3) is 5.69 Å². The number of nitrogens with two attached hydrogens (primary N) is 1. The summed E-state index contributed by atoms with van der Waals surface area (Å²) < 4.78 is 6.88. The summed E-state index contributed by atoms with van der Waals surface area (Å²) >= 11 is 0. The highest BCUT2D eigenvalue weighted by Crippen LogP contribution is 2.33. The van der Waals surface area contributed by atoms with Gasteiger partial charge in [-0.2, -0.15) is 0 Å². The summed E-state index contributed by atoms with van der Waals surface area (Å²) in [4.78, 5) is 23.1. The highest BCUT2D eigenvalue weighted by Gasteiger charge is 2.44. The molecule has 2 aromatic heterocycles. The molecule has 0 saturated carbocycles. The molecule has 12 nitrogen and oxygen atoms in total. The van der Waals surface area contributed by atoms with E-state index in [1.165, 1.54) is 29.1 Å². The van der Waals surface area contributed by atoms with Gasteiger partial charge in [-0.25, -0.2) is 15.0 Å². The monoisotopic (exact) mass is 388 g/mol. The first-order valence-electron chi connectivity index (χ1n) is 8.28. The Balaban J connectivity index is 1.82. The van der Waals surface area contributed by atoms with Gasteiger partial charge in [-0.3, -0.25) is 14.7 Å². The Kier molecular flexibility index (Phi) is 4.39. The van der Waals surface area contributed by atoms with E-state index in [-0.39, 0.29) is 28.5 Å². The van der Waals surface area contributed by atoms with Crippen LogP contribution in [0.15, 0.2) is 30.6 Å². The molecule has 3 aromatic rings. The third kappa shape index (κ3) is 2.84. The molecule has 0 amide bonds. The molecule has 0 bridgehead atoms. The molecular weight excluding hydrogens is 372 g/mol. The highest BCUT2D eigenvalue weighted by molar-refractivity contribution is 5.84. The number of hydrogen-bond donors (Lipinski definition) is 4. The number of aromatic nitrogens is 4. The molecule has 5 N–H and O–H groups in total. The smallest absolute Gasteiger partial charge is 0.270 e. The predicted molar refractivity (Wildman–Crippen MR) is 94.8 cm³/mol. The van der Waals surface area contributed by atoms with Gasteiger partial charge in [0.1, 0.15) is 23.8 Å². The maximum atomic E-state index is 11.0. The molecule has 1 fully saturated rings. The van der Waals surface area contributed by atoms with Crippen molar-refractivity contribution >= 4 is 22.7 Å². The Labute approximate surface area is 157 Å². The Morgan fingerprint density at radius 2 is 2.07 bits per heavy atom. The van der Waals surface area contributed by atoms with Crippen LogP contribution in [0.4, 0.5) is 11.5 Å². The van der Waals surface area contributed by atoms with E-state index in [0.717, 1.165) is 0 Å². The number of non-ortho nitro benzene ring substituents is 1. The fraction of sp³-hybridized carbons (Fsp3) is 0.312. The number of ether oxygens (including phenoxy) is 1. The largest absolute Gasteiger partial charge is 0.394 e. The van der Waals surface area contributed by atoms with Crippen LogP contribution in [0, 0.1) is 10.1 Å². The number of nitrogen functional groups attached to an aromatic ring is 1. The second kappa shape index (κ2) is 6.76. The fourth-order valence-electron chi connectivity index (χ4n) is 3.12. The molecule has 3 heterocycles. The lowest BCUT2D eigenvalue weighted by atomic mass is 10.1. The minimum atomic E-state index is -1.33. The molecule has 4 atom stereocenters. The van der Waals surface area contributed by atoms with Crippen LogP contribution < -0.4 is 5.73 Å². The molecule has 12 heteroatoms. The van der Waals surface area contributed by atoms with Gasteiger partial charge >= 0.3 is 0 Å². The van der Waals surface area contributed by atoms with Crippen molar-refractivity contribution in [2.24, 2.45) is 0 Å². The van der Waals surface area contributed by atoms with Crippen LogP contribution in [-0.4, -0.2) is 64.7 Å². The number of anilines is 1. The van der Waals surface area contributed by atoms with Crippen molar-refractivity contribution in [3.8, 4) is 11.4 Å². The van der Waals surface area contributed by atoms with E-state index in [1.807, 2.05) is 0 Å². The van der Waals surface area contributed by atoms with Gasteiger partial charge in [0.15, 0.2) is 23.5 Å². The highest BCUT2D eigenvalue weighted by atomic mass is 16.6. The van der Waals surface area contributed by atoms with Crippen LogP contribution in [0.1, 0.15) is 6.23 Å². The van der Waals surface area contributed by atoms with Crippen molar-refractivity contribution < 1.29 is 25.0 Å². The van der Waals surface area contributed by atoms with Gasteiger partial charge in [-0.05, 0) is 0 Å². The summed E-state index contributed by atoms with van der Waals surface area (Å²) in [5, 5.41) is 40.5. The number of nitro groups is 1. The van der Waals surface area contributed by atoms with E-state index in [1.54, 1.807) is 6.07 Å². The Morgan fingerprint density at radius 3 is 2.75 bits per heavy atom. The van der Waals surface area contributed by atoms with Gasteiger partial charge in [0.05, 0.1) is 17.9 Å². The molecule has 28 heavy (non-hydrogen) atoms. The minimum absolute atomic E-state index is 0.0389. The first-order valence-corrected chi connectivity index (χ1v) is 8.28. The molecule has 4 unspecified atom stereocenters. The average molecular weight is 388 g/mol. The molecule has 4 rings (SSSR count). The Bertz CT molecular complexity index is 1060. The maximum Gasteiger partial charge on any atom is 0.270 e. The number of fused-ring (bicyclic) bond motifs is 1. The van der Waals surface area contributed by atoms with E-state index >= 15 is 0 Å². The lowest BCUT2D eigenvalue weighted by Gasteiger charge is -2.16. The number of hydrogen-bond acceptors (Lipinski definition) is 10. The lowest BCUT2D eigenvalue weighted by molar-refractivity contribution is -0.384. The van der Waals surface area contributed by atoms with E-state index in [9.17, 15) is 25.4 Å². The summed E-state index contributed by atoms with van der Waals surface area (Å²) in [6.07, 6.45) is -3.31. The quantitative estimate of drug-likeness (QED) is 0.339. The van der Waals surface area contributed by atoms with Crippen LogP contribution in [-0.2, 0) is 4.74 Å². The van der Waals surface area contributed by atoms with E-state index < -0.39 is 36.1 Å². The van der Waals surface area contributed by atoms with Gasteiger partial charge in [-0.15, -0.1) is 0 Å². The maximum absolute atomic E-state index is 11.0. The predicted octanol–water partition coefficient (Wildman–Crippen LogP) is -0.405. The van der Waals surface area contributed by atoms with Gasteiger partial charge < -0.3 is 25.8 Å². The van der Waals surface area contributed by atoms with Gasteiger partial charge in [0, 0.05) is 17.7 Å². The molecule has 0 aliphatic carbocycles. The van der Waals surface area contributed by atoms with Gasteiger partial charge in [0.2, 0.25) is 0 Å². The molecular formula is C16H16N6O6. The third-order valence-corrected chi connectivity index (χ3v) is 4.55. The van der Waals surface area contributed by atoms with Crippen molar-refractivity contribution in [2.45, 2.75) is 24.5 Å². The molecule has 1 saturated heterocycles. The third-order valence-electron chi connectivity index (χ3n) is 4.55. The number of nitrogens with zero attached hydrogens (tertiary/aromatic N) is 5. The summed E-state index contributed by atoms with van der Waals surface area (Å²) in [5.74, 6) is 0.166. The molecule has 1 aliphatic heterocycles. The first-order chi connectivity index (χ1) is 13.4. The van der Waals surface area contributed by atoms with E-state index in [4.69, 9.17) is 10.5 Å². The number of imidazole rings is 1. The minimum Gasteiger partial charge on any atom is -0.394 e. The van der Waals surface area contributed by atoms with Crippen LogP contribution >= 0.6 is 0 Å². The van der Waals surface area contributed by atoms with Crippen LogP contribution in [0.5, 0.6) is 0 Å². The number of aliphatic hydroxyl groups excluding tert-OH is 3. The standard InChI is InChI=1S/C16H16N6O6/c17-13-10-15(20-14(19-13)7-2-1-3-8(4-7)22(26)27)21(6-18-10)16-12(25)11(24)9(5-23)28-16/h1-4,6,9,11-12,16,23-25H,5H2,(H2,17,19,20). The molecule has 0 spiro atoms. The normalized spacial score (nSPS) is 24.7. The van der Waals surface area contributed by atoms with Crippen LogP contribution in [0.2, 0.25) is 0 Å². The first kappa shape index (κ1) is 18.2. The summed E-state index contributed by atoms with van der Waals surface area (Å²) in [6.45, 7) is -0.475. The molecule has 146 valence electrons. The Morgan fingerprint density at radius 1 is 1.29 bits per heavy atom. The topological polar surface area (TPSA) is 183 Å². The number of nitro benzene ring substituents is 1. The number of aliphatic hydroxyl groups is 3. The zero-order valence-corrected chi connectivity index (χ0v) is 14.3.